The molecule has 142 valence electrons. The second-order valence-corrected chi connectivity index (χ2v) is 5.17. The molecule has 0 bridgehead atoms. The highest BCUT2D eigenvalue weighted by Gasteiger charge is 2.09. The summed E-state index contributed by atoms with van der Waals surface area (Å²) in [5, 5.41) is 6.05. The van der Waals surface area contributed by atoms with Gasteiger partial charge in [-0.3, -0.25) is 4.79 Å². The molecule has 1 amide bonds. The summed E-state index contributed by atoms with van der Waals surface area (Å²) in [7, 11) is 0. The number of hydrogen-bond acceptors (Lipinski definition) is 2. The molecule has 1 aromatic carbocycles. The fraction of sp³-hybridized carbons (Fsp3) is 0.529. The fourth-order valence-electron chi connectivity index (χ4n) is 2.19. The molecule has 0 unspecified atom stereocenters. The van der Waals surface area contributed by atoms with Crippen LogP contribution < -0.4 is 10.6 Å². The molecule has 0 atom stereocenters. The van der Waals surface area contributed by atoms with Crippen LogP contribution in [0.15, 0.2) is 23.2 Å². The Morgan fingerprint density at radius 1 is 1.16 bits per heavy atom. The second kappa shape index (κ2) is 12.8. The molecule has 0 radical (unpaired) electrons. The van der Waals surface area contributed by atoms with E-state index in [-0.39, 0.29) is 42.0 Å². The Kier molecular flexibility index (Phi) is 12.1. The predicted octanol–water partition coefficient (Wildman–Crippen LogP) is 2.90. The molecule has 0 fully saturated rings. The summed E-state index contributed by atoms with van der Waals surface area (Å²) in [6, 6.07) is 3.29. The first-order valence-corrected chi connectivity index (χ1v) is 8.25. The number of hydrogen-bond donors (Lipinski definition) is 2. The van der Waals surface area contributed by atoms with Gasteiger partial charge in [0.2, 0.25) is 5.91 Å². The highest BCUT2D eigenvalue weighted by atomic mass is 127. The van der Waals surface area contributed by atoms with Crippen molar-refractivity contribution in [1.29, 1.82) is 0 Å². The number of nitrogens with one attached hydrogen (secondary N) is 2. The largest absolute Gasteiger partial charge is 0.357 e. The van der Waals surface area contributed by atoms with Gasteiger partial charge in [0.25, 0.3) is 0 Å². The molecule has 0 aliphatic heterocycles. The lowest BCUT2D eigenvalue weighted by Gasteiger charge is -2.19. The van der Waals surface area contributed by atoms with E-state index < -0.39 is 11.6 Å². The Hall–Kier alpha value is -1.45. The van der Waals surface area contributed by atoms with Gasteiger partial charge in [0.15, 0.2) is 5.96 Å². The fourth-order valence-corrected chi connectivity index (χ4v) is 2.19. The summed E-state index contributed by atoms with van der Waals surface area (Å²) in [6.07, 6.45) is 0.348. The van der Waals surface area contributed by atoms with Gasteiger partial charge in [-0.05, 0) is 39.0 Å². The van der Waals surface area contributed by atoms with Crippen LogP contribution in [0.3, 0.4) is 0 Å². The highest BCUT2D eigenvalue weighted by molar-refractivity contribution is 14.0. The first-order chi connectivity index (χ1) is 11.5. The maximum Gasteiger partial charge on any atom is 0.224 e. The minimum absolute atomic E-state index is 0. The number of guanidine groups is 1. The summed E-state index contributed by atoms with van der Waals surface area (Å²) in [6.45, 7) is 8.21. The topological polar surface area (TPSA) is 56.7 Å². The van der Waals surface area contributed by atoms with Crippen molar-refractivity contribution in [2.75, 3.05) is 26.2 Å². The summed E-state index contributed by atoms with van der Waals surface area (Å²) in [5.74, 6) is -0.454. The Bertz CT molecular complexity index is 566. The van der Waals surface area contributed by atoms with Crippen molar-refractivity contribution in [3.63, 3.8) is 0 Å². The zero-order valence-electron chi connectivity index (χ0n) is 14.9. The maximum atomic E-state index is 13.6. The Labute approximate surface area is 165 Å². The second-order valence-electron chi connectivity index (χ2n) is 5.17. The van der Waals surface area contributed by atoms with Crippen LogP contribution in [0.5, 0.6) is 0 Å². The van der Waals surface area contributed by atoms with Gasteiger partial charge in [0, 0.05) is 38.2 Å². The maximum absolute atomic E-state index is 13.6. The van der Waals surface area contributed by atoms with E-state index in [9.17, 15) is 13.6 Å². The molecule has 1 rings (SSSR count). The van der Waals surface area contributed by atoms with Gasteiger partial charge in [0.05, 0.1) is 6.54 Å². The number of carbonyl (C=O) groups is 1. The number of amides is 1. The number of nitrogens with zero attached hydrogens (tertiary/aromatic N) is 2. The van der Waals surface area contributed by atoms with Crippen molar-refractivity contribution < 1.29 is 13.6 Å². The molecule has 0 aromatic heterocycles. The summed E-state index contributed by atoms with van der Waals surface area (Å²) >= 11 is 0. The van der Waals surface area contributed by atoms with Crippen molar-refractivity contribution >= 4 is 35.8 Å². The number of carbonyl (C=O) groups excluding carboxylic acids is 1. The van der Waals surface area contributed by atoms with Gasteiger partial charge < -0.3 is 15.5 Å². The van der Waals surface area contributed by atoms with E-state index in [0.717, 1.165) is 18.2 Å². The molecule has 0 spiro atoms. The van der Waals surface area contributed by atoms with Gasteiger partial charge >= 0.3 is 0 Å². The predicted molar refractivity (Wildman–Crippen MR) is 107 cm³/mol. The smallest absolute Gasteiger partial charge is 0.224 e. The first-order valence-electron chi connectivity index (χ1n) is 8.25. The zero-order chi connectivity index (χ0) is 17.9. The van der Waals surface area contributed by atoms with E-state index in [1.54, 1.807) is 4.90 Å². The van der Waals surface area contributed by atoms with Gasteiger partial charge in [-0.1, -0.05) is 0 Å². The van der Waals surface area contributed by atoms with Crippen molar-refractivity contribution in [3.8, 4) is 0 Å². The lowest BCUT2D eigenvalue weighted by atomic mass is 10.2. The average molecular weight is 468 g/mol. The Morgan fingerprint density at radius 3 is 2.44 bits per heavy atom. The lowest BCUT2D eigenvalue weighted by Crippen LogP contribution is -2.40. The van der Waals surface area contributed by atoms with Crippen molar-refractivity contribution in [2.24, 2.45) is 4.99 Å². The third-order valence-corrected chi connectivity index (χ3v) is 3.51. The molecule has 0 aliphatic rings. The number of rotatable bonds is 8. The normalized spacial score (nSPS) is 10.8. The van der Waals surface area contributed by atoms with Crippen molar-refractivity contribution in [1.82, 2.24) is 15.5 Å². The molecule has 5 nitrogen and oxygen atoms in total. The van der Waals surface area contributed by atoms with Gasteiger partial charge in [-0.15, -0.1) is 24.0 Å². The van der Waals surface area contributed by atoms with Crippen LogP contribution in [0.4, 0.5) is 8.78 Å². The molecule has 8 heteroatoms. The van der Waals surface area contributed by atoms with Gasteiger partial charge in [-0.2, -0.15) is 0 Å². The third kappa shape index (κ3) is 8.46. The van der Waals surface area contributed by atoms with E-state index in [1.807, 2.05) is 20.8 Å². The zero-order valence-corrected chi connectivity index (χ0v) is 17.3. The van der Waals surface area contributed by atoms with Crippen LogP contribution in [0.1, 0.15) is 32.8 Å². The number of benzene rings is 1. The lowest BCUT2D eigenvalue weighted by molar-refractivity contribution is -0.130. The summed E-state index contributed by atoms with van der Waals surface area (Å²) in [5.41, 5.74) is 0.187. The molecule has 0 saturated heterocycles. The molecule has 25 heavy (non-hydrogen) atoms. The molecule has 2 N–H and O–H groups in total. The van der Waals surface area contributed by atoms with E-state index in [0.29, 0.717) is 38.6 Å². The van der Waals surface area contributed by atoms with E-state index in [1.165, 1.54) is 0 Å². The quantitative estimate of drug-likeness (QED) is 0.351. The van der Waals surface area contributed by atoms with E-state index >= 15 is 0 Å². The summed E-state index contributed by atoms with van der Waals surface area (Å²) in [4.78, 5) is 17.9. The monoisotopic (exact) mass is 468 g/mol. The molecular formula is C17H27F2IN4O. The Morgan fingerprint density at radius 2 is 1.84 bits per heavy atom. The molecule has 0 aliphatic carbocycles. The molecular weight excluding hydrogens is 441 g/mol. The molecule has 0 heterocycles. The van der Waals surface area contributed by atoms with Crippen LogP contribution in [0, 0.1) is 11.6 Å². The number of aliphatic imine (C=N–C) groups is 1. The van der Waals surface area contributed by atoms with Crippen LogP contribution in [-0.4, -0.2) is 42.9 Å². The average Bonchev–Trinajstić information content (AvgIpc) is 2.56. The van der Waals surface area contributed by atoms with Crippen LogP contribution in [-0.2, 0) is 11.3 Å². The van der Waals surface area contributed by atoms with Gasteiger partial charge in [0.1, 0.15) is 11.6 Å². The first kappa shape index (κ1) is 23.5. The third-order valence-electron chi connectivity index (χ3n) is 3.51. The minimum Gasteiger partial charge on any atom is -0.357 e. The van der Waals surface area contributed by atoms with Crippen molar-refractivity contribution in [3.05, 3.63) is 35.4 Å². The number of halogens is 3. The van der Waals surface area contributed by atoms with Crippen molar-refractivity contribution in [2.45, 2.75) is 33.7 Å². The molecule has 0 saturated carbocycles. The van der Waals surface area contributed by atoms with E-state index in [4.69, 9.17) is 0 Å². The van der Waals surface area contributed by atoms with E-state index in [2.05, 4.69) is 15.6 Å². The van der Waals surface area contributed by atoms with Crippen LogP contribution >= 0.6 is 24.0 Å². The van der Waals surface area contributed by atoms with Crippen LogP contribution in [0.2, 0.25) is 0 Å². The summed E-state index contributed by atoms with van der Waals surface area (Å²) < 4.78 is 26.8. The standard InChI is InChI=1S/C17H26F2N4O.HI/c1-4-20-17(21-10-9-16(24)23(5-2)6-3)22-12-13-11-14(18)7-8-15(13)19;/h7-8,11H,4-6,9-10,12H2,1-3H3,(H2,20,21,22);1H. The van der Waals surface area contributed by atoms with Gasteiger partial charge in [-0.25, -0.2) is 13.8 Å². The minimum atomic E-state index is -0.496. The van der Waals surface area contributed by atoms with Crippen LogP contribution in [0.25, 0.3) is 0 Å². The Balaban J connectivity index is 0.00000576. The SMILES string of the molecule is CCNC(=NCc1cc(F)ccc1F)NCCC(=O)N(CC)CC.I. The highest BCUT2D eigenvalue weighted by Crippen LogP contribution is 2.10. The molecule has 1 aromatic rings.